The Morgan fingerprint density at radius 3 is 2.67 bits per heavy atom. The zero-order valence-corrected chi connectivity index (χ0v) is 15.1. The fourth-order valence-corrected chi connectivity index (χ4v) is 3.45. The van der Waals surface area contributed by atoms with E-state index in [4.69, 9.17) is 15.2 Å². The third-order valence-corrected chi connectivity index (χ3v) is 4.87. The van der Waals surface area contributed by atoms with Crippen molar-refractivity contribution in [1.29, 1.82) is 0 Å². The number of ether oxygens (including phenoxy) is 2. The number of amides is 1. The number of nitrogens with one attached hydrogen (secondary N) is 1. The number of halogens is 1. The maximum Gasteiger partial charge on any atom is 0.259 e. The number of carbonyl (C=O) groups is 1. The van der Waals surface area contributed by atoms with E-state index in [2.05, 4.69) is 21.2 Å². The Hall–Kier alpha value is -2.05. The molecule has 0 saturated carbocycles. The minimum absolute atomic E-state index is 0.0431. The van der Waals surface area contributed by atoms with Gasteiger partial charge in [0.05, 0.1) is 24.3 Å². The summed E-state index contributed by atoms with van der Waals surface area (Å²) in [5.41, 5.74) is 9.62. The van der Waals surface area contributed by atoms with E-state index in [0.717, 1.165) is 24.1 Å². The molecule has 1 aliphatic carbocycles. The van der Waals surface area contributed by atoms with Gasteiger partial charge in [0.2, 0.25) is 0 Å². The van der Waals surface area contributed by atoms with Crippen molar-refractivity contribution in [3.63, 3.8) is 0 Å². The van der Waals surface area contributed by atoms with Crippen LogP contribution >= 0.6 is 15.9 Å². The summed E-state index contributed by atoms with van der Waals surface area (Å²) in [5, 5.41) is 2.91. The molecule has 0 fully saturated rings. The Morgan fingerprint density at radius 1 is 1.21 bits per heavy atom. The zero-order valence-electron chi connectivity index (χ0n) is 13.6. The van der Waals surface area contributed by atoms with Gasteiger partial charge in [-0.3, -0.25) is 4.79 Å². The molecule has 6 heteroatoms. The molecule has 2 aromatic rings. The number of carbonyl (C=O) groups excluding carboxylic acids is 1. The van der Waals surface area contributed by atoms with Crippen LogP contribution in [0.5, 0.6) is 11.5 Å². The number of fused-ring (bicyclic) bond motifs is 1. The molecule has 3 N–H and O–H groups in total. The molecular weight excluding hydrogens is 372 g/mol. The number of nitrogens with two attached hydrogens (primary N) is 1. The van der Waals surface area contributed by atoms with Crippen molar-refractivity contribution in [3.05, 3.63) is 51.5 Å². The van der Waals surface area contributed by atoms with Crippen LogP contribution in [0, 0.1) is 0 Å². The average Bonchev–Trinajstić information content (AvgIpc) is 2.95. The van der Waals surface area contributed by atoms with Crippen molar-refractivity contribution in [2.24, 2.45) is 5.73 Å². The van der Waals surface area contributed by atoms with Gasteiger partial charge in [-0.25, -0.2) is 0 Å². The van der Waals surface area contributed by atoms with Crippen molar-refractivity contribution in [2.45, 2.75) is 18.9 Å². The Balaban J connectivity index is 1.88. The van der Waals surface area contributed by atoms with Crippen LogP contribution in [-0.2, 0) is 6.42 Å². The van der Waals surface area contributed by atoms with Gasteiger partial charge >= 0.3 is 0 Å². The minimum atomic E-state index is -0.248. The summed E-state index contributed by atoms with van der Waals surface area (Å²) in [6.07, 6.45) is 1.94. The van der Waals surface area contributed by atoms with E-state index in [9.17, 15) is 4.79 Å². The van der Waals surface area contributed by atoms with E-state index >= 15 is 0 Å². The van der Waals surface area contributed by atoms with E-state index in [1.165, 1.54) is 12.7 Å². The van der Waals surface area contributed by atoms with Gasteiger partial charge in [-0.05, 0) is 58.1 Å². The molecule has 1 amide bonds. The number of methoxy groups -OCH3 is 2. The molecule has 1 atom stereocenters. The van der Waals surface area contributed by atoms with Gasteiger partial charge in [0.1, 0.15) is 11.5 Å². The van der Waals surface area contributed by atoms with E-state index in [-0.39, 0.29) is 11.9 Å². The van der Waals surface area contributed by atoms with Crippen LogP contribution in [0.15, 0.2) is 34.8 Å². The number of benzene rings is 2. The van der Waals surface area contributed by atoms with E-state index in [1.54, 1.807) is 19.2 Å². The van der Waals surface area contributed by atoms with Crippen LogP contribution in [0.3, 0.4) is 0 Å². The van der Waals surface area contributed by atoms with E-state index in [0.29, 0.717) is 21.5 Å². The maximum atomic E-state index is 12.6. The van der Waals surface area contributed by atoms with Gasteiger partial charge in [0.15, 0.2) is 0 Å². The van der Waals surface area contributed by atoms with Gasteiger partial charge in [0, 0.05) is 17.8 Å². The smallest absolute Gasteiger partial charge is 0.259 e. The summed E-state index contributed by atoms with van der Waals surface area (Å²) in [6.45, 7) is 0. The number of hydrogen-bond donors (Lipinski definition) is 2. The highest BCUT2D eigenvalue weighted by Crippen LogP contribution is 2.34. The lowest BCUT2D eigenvalue weighted by molar-refractivity contribution is 0.102. The highest BCUT2D eigenvalue weighted by molar-refractivity contribution is 9.10. The van der Waals surface area contributed by atoms with Gasteiger partial charge < -0.3 is 20.5 Å². The Labute approximate surface area is 149 Å². The maximum absolute atomic E-state index is 12.6. The van der Waals surface area contributed by atoms with Crippen LogP contribution in [0.25, 0.3) is 0 Å². The lowest BCUT2D eigenvalue weighted by Gasteiger charge is -2.13. The molecule has 0 heterocycles. The lowest BCUT2D eigenvalue weighted by Crippen LogP contribution is -2.14. The van der Waals surface area contributed by atoms with Crippen molar-refractivity contribution in [2.75, 3.05) is 19.5 Å². The Kier molecular flexibility index (Phi) is 4.78. The number of aryl methyl sites for hydroxylation is 1. The first kappa shape index (κ1) is 16.8. The average molecular weight is 391 g/mol. The molecule has 5 nitrogen and oxygen atoms in total. The standard InChI is InChI=1S/C18H19BrN2O3/c1-23-16-9-17(24-2)14(19)8-13(16)18(22)21-11-5-3-10-4-6-15(20)12(10)7-11/h3,5,7-9,15H,4,6,20H2,1-2H3,(H,21,22). The van der Waals surface area contributed by atoms with Gasteiger partial charge in [-0.15, -0.1) is 0 Å². The molecule has 1 unspecified atom stereocenters. The van der Waals surface area contributed by atoms with E-state index < -0.39 is 0 Å². The first-order chi connectivity index (χ1) is 11.5. The van der Waals surface area contributed by atoms with Crippen LogP contribution in [-0.4, -0.2) is 20.1 Å². The fourth-order valence-electron chi connectivity index (χ4n) is 2.95. The minimum Gasteiger partial charge on any atom is -0.496 e. The third-order valence-electron chi connectivity index (χ3n) is 4.25. The van der Waals surface area contributed by atoms with Gasteiger partial charge in [-0.1, -0.05) is 6.07 Å². The molecule has 3 rings (SSSR count). The summed E-state index contributed by atoms with van der Waals surface area (Å²) in [4.78, 5) is 12.6. The molecular formula is C18H19BrN2O3. The number of rotatable bonds is 4. The van der Waals surface area contributed by atoms with Crippen molar-refractivity contribution in [1.82, 2.24) is 0 Å². The summed E-state index contributed by atoms with van der Waals surface area (Å²) in [5.74, 6) is 0.805. The molecule has 1 aliphatic rings. The summed E-state index contributed by atoms with van der Waals surface area (Å²) in [7, 11) is 3.08. The van der Waals surface area contributed by atoms with Crippen LogP contribution in [0.1, 0.15) is 33.9 Å². The SMILES string of the molecule is COc1cc(OC)c(C(=O)Nc2ccc3c(c2)C(N)CC3)cc1Br. The second-order valence-corrected chi connectivity index (χ2v) is 6.55. The van der Waals surface area contributed by atoms with Crippen LogP contribution < -0.4 is 20.5 Å². The number of anilines is 1. The summed E-state index contributed by atoms with van der Waals surface area (Å²) in [6, 6.07) is 9.29. The van der Waals surface area contributed by atoms with Gasteiger partial charge in [-0.2, -0.15) is 0 Å². The monoisotopic (exact) mass is 390 g/mol. The quantitative estimate of drug-likeness (QED) is 0.834. The summed E-state index contributed by atoms with van der Waals surface area (Å²) >= 11 is 3.40. The topological polar surface area (TPSA) is 73.6 Å². The lowest BCUT2D eigenvalue weighted by atomic mass is 10.1. The molecule has 24 heavy (non-hydrogen) atoms. The Morgan fingerprint density at radius 2 is 1.96 bits per heavy atom. The molecule has 126 valence electrons. The predicted octanol–water partition coefficient (Wildman–Crippen LogP) is 3.66. The molecule has 0 radical (unpaired) electrons. The van der Waals surface area contributed by atoms with E-state index in [1.807, 2.05) is 18.2 Å². The first-order valence-electron chi connectivity index (χ1n) is 7.64. The highest BCUT2D eigenvalue weighted by Gasteiger charge is 2.20. The Bertz CT molecular complexity index is 792. The third kappa shape index (κ3) is 3.12. The van der Waals surface area contributed by atoms with Crippen LogP contribution in [0.2, 0.25) is 0 Å². The molecule has 0 aromatic heterocycles. The predicted molar refractivity (Wildman–Crippen MR) is 96.9 cm³/mol. The van der Waals surface area contributed by atoms with Gasteiger partial charge in [0.25, 0.3) is 5.91 Å². The summed E-state index contributed by atoms with van der Waals surface area (Å²) < 4.78 is 11.2. The molecule has 0 bridgehead atoms. The second-order valence-electron chi connectivity index (χ2n) is 5.70. The zero-order chi connectivity index (χ0) is 17.3. The fraction of sp³-hybridized carbons (Fsp3) is 0.278. The van der Waals surface area contributed by atoms with Crippen molar-refractivity contribution in [3.8, 4) is 11.5 Å². The largest absolute Gasteiger partial charge is 0.496 e. The number of hydrogen-bond acceptors (Lipinski definition) is 4. The van der Waals surface area contributed by atoms with Crippen LogP contribution in [0.4, 0.5) is 5.69 Å². The first-order valence-corrected chi connectivity index (χ1v) is 8.44. The second kappa shape index (κ2) is 6.83. The molecule has 0 saturated heterocycles. The molecule has 0 spiro atoms. The highest BCUT2D eigenvalue weighted by atomic mass is 79.9. The van der Waals surface area contributed by atoms with Crippen molar-refractivity contribution >= 4 is 27.5 Å². The normalized spacial score (nSPS) is 15.8. The molecule has 0 aliphatic heterocycles. The molecule has 2 aromatic carbocycles. The van der Waals surface area contributed by atoms with Crippen molar-refractivity contribution < 1.29 is 14.3 Å².